The van der Waals surface area contributed by atoms with Crippen molar-refractivity contribution in [1.29, 1.82) is 0 Å². The molecule has 1 N–H and O–H groups in total. The zero-order chi connectivity index (χ0) is 18.1. The Morgan fingerprint density at radius 2 is 1.50 bits per heavy atom. The predicted octanol–water partition coefficient (Wildman–Crippen LogP) is 4.90. The third-order valence-electron chi connectivity index (χ3n) is 3.63. The van der Waals surface area contributed by atoms with Gasteiger partial charge in [-0.1, -0.05) is 12.1 Å². The number of amides is 1. The van der Waals surface area contributed by atoms with Crippen molar-refractivity contribution in [2.75, 3.05) is 5.32 Å². The van der Waals surface area contributed by atoms with Crippen LogP contribution in [0.15, 0.2) is 42.5 Å². The summed E-state index contributed by atoms with van der Waals surface area (Å²) in [5, 5.41) is 2.19. The number of hydrogen-bond donors (Lipinski definition) is 1. The highest BCUT2D eigenvalue weighted by molar-refractivity contribution is 5.99. The molecule has 1 amide bonds. The Kier molecular flexibility index (Phi) is 4.64. The molecular weight excluding hydrogens is 329 g/mol. The molecule has 0 bridgehead atoms. The molecule has 0 aliphatic rings. The highest BCUT2D eigenvalue weighted by atomic mass is 19.4. The molecule has 0 radical (unpaired) electrons. The van der Waals surface area contributed by atoms with Gasteiger partial charge >= 0.3 is 6.18 Å². The van der Waals surface area contributed by atoms with Gasteiger partial charge in [-0.15, -0.1) is 0 Å². The number of para-hydroxylation sites is 1. The lowest BCUT2D eigenvalue weighted by atomic mass is 9.83. The fourth-order valence-electron chi connectivity index (χ4n) is 2.16. The van der Waals surface area contributed by atoms with E-state index in [0.29, 0.717) is 6.07 Å². The topological polar surface area (TPSA) is 29.1 Å². The van der Waals surface area contributed by atoms with Crippen molar-refractivity contribution in [2.45, 2.75) is 25.4 Å². The lowest BCUT2D eigenvalue weighted by Crippen LogP contribution is -2.35. The van der Waals surface area contributed by atoms with Gasteiger partial charge in [0.15, 0.2) is 0 Å². The molecule has 0 aliphatic carbocycles. The second-order valence-corrected chi connectivity index (χ2v) is 5.78. The van der Waals surface area contributed by atoms with E-state index < -0.39 is 40.4 Å². The van der Waals surface area contributed by atoms with Crippen LogP contribution in [0.5, 0.6) is 0 Å². The van der Waals surface area contributed by atoms with E-state index >= 15 is 0 Å². The van der Waals surface area contributed by atoms with Crippen LogP contribution in [0.4, 0.5) is 27.6 Å². The van der Waals surface area contributed by atoms with E-state index in [1.54, 1.807) is 0 Å². The number of rotatable bonds is 3. The van der Waals surface area contributed by atoms with Gasteiger partial charge in [0.2, 0.25) is 5.91 Å². The number of nitrogens with one attached hydrogen (secondary N) is 1. The Bertz CT molecular complexity index is 748. The summed E-state index contributed by atoms with van der Waals surface area (Å²) in [6.07, 6.45) is -4.64. The molecule has 2 rings (SSSR count). The van der Waals surface area contributed by atoms with Crippen LogP contribution in [0.25, 0.3) is 0 Å². The van der Waals surface area contributed by atoms with E-state index in [1.165, 1.54) is 26.0 Å². The second kappa shape index (κ2) is 6.22. The van der Waals surface area contributed by atoms with Crippen molar-refractivity contribution in [1.82, 2.24) is 0 Å². The minimum atomic E-state index is -4.64. The maximum Gasteiger partial charge on any atom is 0.418 e. The zero-order valence-electron chi connectivity index (χ0n) is 12.8. The molecule has 0 heterocycles. The zero-order valence-corrected chi connectivity index (χ0v) is 12.8. The number of carbonyl (C=O) groups is 1. The van der Waals surface area contributed by atoms with E-state index in [0.717, 1.165) is 24.3 Å². The average Bonchev–Trinajstić information content (AvgIpc) is 2.45. The predicted molar refractivity (Wildman–Crippen MR) is 79.5 cm³/mol. The van der Waals surface area contributed by atoms with Crippen molar-refractivity contribution in [3.63, 3.8) is 0 Å². The van der Waals surface area contributed by atoms with Crippen molar-refractivity contribution >= 4 is 11.6 Å². The first-order chi connectivity index (χ1) is 11.0. The van der Waals surface area contributed by atoms with E-state index in [1.807, 2.05) is 0 Å². The first-order valence-corrected chi connectivity index (χ1v) is 6.96. The SMILES string of the molecule is CC(C)(C(=O)Nc1ccccc1C(F)(F)F)c1cc(F)cc(F)c1. The number of carbonyl (C=O) groups excluding carboxylic acids is 1. The highest BCUT2D eigenvalue weighted by Gasteiger charge is 2.36. The molecule has 0 saturated heterocycles. The van der Waals surface area contributed by atoms with Gasteiger partial charge in [0.05, 0.1) is 16.7 Å². The first kappa shape index (κ1) is 17.9. The molecule has 128 valence electrons. The van der Waals surface area contributed by atoms with E-state index in [9.17, 15) is 26.7 Å². The first-order valence-electron chi connectivity index (χ1n) is 6.96. The summed E-state index contributed by atoms with van der Waals surface area (Å²) >= 11 is 0. The quantitative estimate of drug-likeness (QED) is 0.789. The van der Waals surface area contributed by atoms with Crippen molar-refractivity contribution < 1.29 is 26.7 Å². The maximum atomic E-state index is 13.3. The minimum absolute atomic E-state index is 0.0157. The van der Waals surface area contributed by atoms with Crippen LogP contribution in [-0.4, -0.2) is 5.91 Å². The van der Waals surface area contributed by atoms with Gasteiger partial charge in [0.1, 0.15) is 11.6 Å². The van der Waals surface area contributed by atoms with Gasteiger partial charge in [-0.2, -0.15) is 13.2 Å². The summed E-state index contributed by atoms with van der Waals surface area (Å²) in [5.41, 5.74) is -2.84. The Morgan fingerprint density at radius 1 is 0.958 bits per heavy atom. The van der Waals surface area contributed by atoms with Gasteiger partial charge in [-0.3, -0.25) is 4.79 Å². The summed E-state index contributed by atoms with van der Waals surface area (Å²) in [4.78, 5) is 12.4. The van der Waals surface area contributed by atoms with Crippen LogP contribution in [0.2, 0.25) is 0 Å². The summed E-state index contributed by atoms with van der Waals surface area (Å²) in [7, 11) is 0. The molecule has 0 aliphatic heterocycles. The molecule has 2 nitrogen and oxygen atoms in total. The smallest absolute Gasteiger partial charge is 0.325 e. The second-order valence-electron chi connectivity index (χ2n) is 5.78. The molecule has 0 aromatic heterocycles. The van der Waals surface area contributed by atoms with Crippen molar-refractivity contribution in [3.8, 4) is 0 Å². The van der Waals surface area contributed by atoms with Crippen LogP contribution in [0.3, 0.4) is 0 Å². The summed E-state index contributed by atoms with van der Waals surface area (Å²) in [5.74, 6) is -2.56. The van der Waals surface area contributed by atoms with Crippen LogP contribution < -0.4 is 5.32 Å². The number of benzene rings is 2. The Morgan fingerprint density at radius 3 is 2.04 bits per heavy atom. The fourth-order valence-corrected chi connectivity index (χ4v) is 2.16. The van der Waals surface area contributed by atoms with Crippen LogP contribution in [-0.2, 0) is 16.4 Å². The van der Waals surface area contributed by atoms with Crippen LogP contribution >= 0.6 is 0 Å². The number of hydrogen-bond acceptors (Lipinski definition) is 1. The number of anilines is 1. The monoisotopic (exact) mass is 343 g/mol. The molecule has 7 heteroatoms. The number of halogens is 5. The molecule has 2 aromatic rings. The Balaban J connectivity index is 2.36. The van der Waals surface area contributed by atoms with Gasteiger partial charge in [0.25, 0.3) is 0 Å². The Hall–Kier alpha value is -2.44. The number of alkyl halides is 3. The van der Waals surface area contributed by atoms with Gasteiger partial charge in [-0.25, -0.2) is 8.78 Å². The molecule has 0 saturated carbocycles. The van der Waals surface area contributed by atoms with Gasteiger partial charge < -0.3 is 5.32 Å². The van der Waals surface area contributed by atoms with E-state index in [2.05, 4.69) is 5.32 Å². The molecule has 0 spiro atoms. The Labute approximate surface area is 135 Å². The summed E-state index contributed by atoms with van der Waals surface area (Å²) in [6, 6.07) is 7.09. The van der Waals surface area contributed by atoms with Crippen molar-refractivity contribution in [3.05, 3.63) is 65.2 Å². The van der Waals surface area contributed by atoms with Gasteiger partial charge in [0, 0.05) is 6.07 Å². The fraction of sp³-hybridized carbons (Fsp3) is 0.235. The largest absolute Gasteiger partial charge is 0.418 e. The average molecular weight is 343 g/mol. The highest BCUT2D eigenvalue weighted by Crippen LogP contribution is 2.35. The van der Waals surface area contributed by atoms with Crippen LogP contribution in [0.1, 0.15) is 25.0 Å². The van der Waals surface area contributed by atoms with E-state index in [-0.39, 0.29) is 5.56 Å². The molecular formula is C17H14F5NO. The summed E-state index contributed by atoms with van der Waals surface area (Å²) in [6.45, 7) is 2.74. The van der Waals surface area contributed by atoms with Gasteiger partial charge in [-0.05, 0) is 43.7 Å². The maximum absolute atomic E-state index is 13.3. The molecule has 0 atom stereocenters. The molecule has 24 heavy (non-hydrogen) atoms. The lowest BCUT2D eigenvalue weighted by Gasteiger charge is -2.25. The normalized spacial score (nSPS) is 12.1. The van der Waals surface area contributed by atoms with Crippen molar-refractivity contribution in [2.24, 2.45) is 0 Å². The minimum Gasteiger partial charge on any atom is -0.325 e. The molecule has 0 unspecified atom stereocenters. The third-order valence-corrected chi connectivity index (χ3v) is 3.63. The molecule has 0 fully saturated rings. The van der Waals surface area contributed by atoms with E-state index in [4.69, 9.17) is 0 Å². The van der Waals surface area contributed by atoms with Crippen LogP contribution in [0, 0.1) is 11.6 Å². The molecule has 2 aromatic carbocycles. The third kappa shape index (κ3) is 3.72. The summed E-state index contributed by atoms with van der Waals surface area (Å²) < 4.78 is 65.6. The lowest BCUT2D eigenvalue weighted by molar-refractivity contribution is -0.137. The standard InChI is InChI=1S/C17H14F5NO/c1-16(2,10-7-11(18)9-12(19)8-10)15(24)23-14-6-4-3-5-13(14)17(20,21)22/h3-9H,1-2H3,(H,23,24).